The van der Waals surface area contributed by atoms with Crippen LogP contribution >= 0.6 is 0 Å². The van der Waals surface area contributed by atoms with Crippen molar-refractivity contribution in [1.82, 2.24) is 9.97 Å². The van der Waals surface area contributed by atoms with Crippen LogP contribution in [0.15, 0.2) is 6.20 Å². The maximum absolute atomic E-state index is 9.49. The van der Waals surface area contributed by atoms with Crippen molar-refractivity contribution in [3.8, 4) is 5.75 Å². The third-order valence-electron chi connectivity index (χ3n) is 1.90. The van der Waals surface area contributed by atoms with Gasteiger partial charge in [-0.3, -0.25) is 0 Å². The van der Waals surface area contributed by atoms with Crippen LogP contribution in [0.2, 0.25) is 0 Å². The lowest BCUT2D eigenvalue weighted by Gasteiger charge is -2.09. The Labute approximate surface area is 84.2 Å². The lowest BCUT2D eigenvalue weighted by atomic mass is 10.1. The highest BCUT2D eigenvalue weighted by Gasteiger charge is 2.10. The monoisotopic (exact) mass is 195 g/mol. The van der Waals surface area contributed by atoms with Gasteiger partial charge in [0.1, 0.15) is 5.82 Å². The minimum atomic E-state index is -0.00388. The SMILES string of the molecule is CC(N)Cc1nc(C(C)C)ncc1O. The number of aromatic hydroxyl groups is 1. The van der Waals surface area contributed by atoms with Gasteiger partial charge in [0.15, 0.2) is 5.75 Å². The Hall–Kier alpha value is -1.16. The molecular weight excluding hydrogens is 178 g/mol. The molecule has 1 aromatic heterocycles. The molecule has 1 unspecified atom stereocenters. The van der Waals surface area contributed by atoms with Crippen LogP contribution in [-0.2, 0) is 6.42 Å². The van der Waals surface area contributed by atoms with E-state index in [1.165, 1.54) is 6.20 Å². The molecule has 0 radical (unpaired) electrons. The molecule has 0 aliphatic heterocycles. The van der Waals surface area contributed by atoms with Crippen molar-refractivity contribution in [3.05, 3.63) is 17.7 Å². The minimum absolute atomic E-state index is 0.00388. The maximum atomic E-state index is 9.49. The van der Waals surface area contributed by atoms with Crippen LogP contribution < -0.4 is 5.73 Å². The summed E-state index contributed by atoms with van der Waals surface area (Å²) in [5, 5.41) is 9.49. The Kier molecular flexibility index (Phi) is 3.41. The molecule has 1 rings (SSSR count). The molecule has 0 fully saturated rings. The van der Waals surface area contributed by atoms with Crippen LogP contribution in [0, 0.1) is 0 Å². The molecule has 0 bridgehead atoms. The van der Waals surface area contributed by atoms with Gasteiger partial charge < -0.3 is 10.8 Å². The summed E-state index contributed by atoms with van der Waals surface area (Å²) in [6.07, 6.45) is 2.02. The van der Waals surface area contributed by atoms with Crippen LogP contribution in [0.4, 0.5) is 0 Å². The number of nitrogens with zero attached hydrogens (tertiary/aromatic N) is 2. The number of rotatable bonds is 3. The van der Waals surface area contributed by atoms with Crippen molar-refractivity contribution in [1.29, 1.82) is 0 Å². The Morgan fingerprint density at radius 1 is 1.43 bits per heavy atom. The molecule has 78 valence electrons. The number of aromatic nitrogens is 2. The predicted molar refractivity (Wildman–Crippen MR) is 55.1 cm³/mol. The molecule has 1 heterocycles. The van der Waals surface area contributed by atoms with Gasteiger partial charge >= 0.3 is 0 Å². The third kappa shape index (κ3) is 2.67. The average Bonchev–Trinajstić information content (AvgIpc) is 2.07. The fraction of sp³-hybridized carbons (Fsp3) is 0.600. The van der Waals surface area contributed by atoms with Crippen LogP contribution in [0.1, 0.15) is 38.2 Å². The molecule has 14 heavy (non-hydrogen) atoms. The van der Waals surface area contributed by atoms with E-state index in [0.717, 1.165) is 5.82 Å². The molecule has 1 atom stereocenters. The van der Waals surface area contributed by atoms with Crippen molar-refractivity contribution in [2.24, 2.45) is 5.73 Å². The molecule has 4 heteroatoms. The second-order valence-electron chi connectivity index (χ2n) is 3.90. The van der Waals surface area contributed by atoms with E-state index >= 15 is 0 Å². The number of hydrogen-bond acceptors (Lipinski definition) is 4. The van der Waals surface area contributed by atoms with Crippen molar-refractivity contribution in [3.63, 3.8) is 0 Å². The van der Waals surface area contributed by atoms with E-state index in [2.05, 4.69) is 9.97 Å². The number of nitrogens with two attached hydrogens (primary N) is 1. The van der Waals surface area contributed by atoms with Gasteiger partial charge in [-0.2, -0.15) is 0 Å². The van der Waals surface area contributed by atoms with E-state index in [4.69, 9.17) is 5.73 Å². The van der Waals surface area contributed by atoms with Gasteiger partial charge in [0.25, 0.3) is 0 Å². The van der Waals surface area contributed by atoms with Gasteiger partial charge in [0.05, 0.1) is 11.9 Å². The highest BCUT2D eigenvalue weighted by atomic mass is 16.3. The third-order valence-corrected chi connectivity index (χ3v) is 1.90. The van der Waals surface area contributed by atoms with E-state index in [-0.39, 0.29) is 17.7 Å². The predicted octanol–water partition coefficient (Wildman–Crippen LogP) is 1.20. The first kappa shape index (κ1) is 10.9. The van der Waals surface area contributed by atoms with Gasteiger partial charge in [-0.1, -0.05) is 13.8 Å². The molecule has 0 amide bonds. The smallest absolute Gasteiger partial charge is 0.155 e. The molecule has 1 aromatic rings. The molecule has 3 N–H and O–H groups in total. The quantitative estimate of drug-likeness (QED) is 0.760. The highest BCUT2D eigenvalue weighted by Crippen LogP contribution is 2.17. The second kappa shape index (κ2) is 4.37. The van der Waals surface area contributed by atoms with Crippen molar-refractivity contribution in [2.45, 2.75) is 39.2 Å². The highest BCUT2D eigenvalue weighted by molar-refractivity contribution is 5.24. The molecular formula is C10H17N3O. The van der Waals surface area contributed by atoms with Crippen LogP contribution in [0.25, 0.3) is 0 Å². The molecule has 0 aliphatic carbocycles. The first-order chi connectivity index (χ1) is 6.50. The molecule has 0 saturated carbocycles. The summed E-state index contributed by atoms with van der Waals surface area (Å²) in [7, 11) is 0. The summed E-state index contributed by atoms with van der Waals surface area (Å²) >= 11 is 0. The summed E-state index contributed by atoms with van der Waals surface area (Å²) in [6, 6.07) is -0.00388. The van der Waals surface area contributed by atoms with Gasteiger partial charge in [0, 0.05) is 18.4 Å². The average molecular weight is 195 g/mol. The Morgan fingerprint density at radius 2 is 2.07 bits per heavy atom. The first-order valence-corrected chi connectivity index (χ1v) is 4.81. The van der Waals surface area contributed by atoms with E-state index in [1.54, 1.807) is 0 Å². The van der Waals surface area contributed by atoms with Crippen molar-refractivity contribution in [2.75, 3.05) is 0 Å². The maximum Gasteiger partial charge on any atom is 0.155 e. The van der Waals surface area contributed by atoms with E-state index in [9.17, 15) is 5.11 Å². The summed E-state index contributed by atoms with van der Waals surface area (Å²) < 4.78 is 0. The number of hydrogen-bond donors (Lipinski definition) is 2. The van der Waals surface area contributed by atoms with Gasteiger partial charge in [-0.25, -0.2) is 9.97 Å². The van der Waals surface area contributed by atoms with Gasteiger partial charge in [0.2, 0.25) is 0 Å². The first-order valence-electron chi connectivity index (χ1n) is 4.81. The van der Waals surface area contributed by atoms with Crippen LogP contribution in [-0.4, -0.2) is 21.1 Å². The Bertz CT molecular complexity index is 310. The molecule has 4 nitrogen and oxygen atoms in total. The molecule has 0 spiro atoms. The normalized spacial score (nSPS) is 13.2. The summed E-state index contributed by atoms with van der Waals surface area (Å²) in [5.41, 5.74) is 6.29. The standard InChI is InChI=1S/C10H17N3O/c1-6(2)10-12-5-9(14)8(13-10)4-7(3)11/h5-7,14H,4,11H2,1-3H3. The summed E-state index contributed by atoms with van der Waals surface area (Å²) in [6.45, 7) is 5.92. The Morgan fingerprint density at radius 3 is 2.57 bits per heavy atom. The second-order valence-corrected chi connectivity index (χ2v) is 3.90. The zero-order chi connectivity index (χ0) is 10.7. The summed E-state index contributed by atoms with van der Waals surface area (Å²) in [4.78, 5) is 8.31. The lowest BCUT2D eigenvalue weighted by Crippen LogP contribution is -2.19. The van der Waals surface area contributed by atoms with Gasteiger partial charge in [-0.15, -0.1) is 0 Å². The van der Waals surface area contributed by atoms with Crippen LogP contribution in [0.5, 0.6) is 5.75 Å². The zero-order valence-corrected chi connectivity index (χ0v) is 8.86. The molecule has 0 saturated heterocycles. The topological polar surface area (TPSA) is 72.0 Å². The zero-order valence-electron chi connectivity index (χ0n) is 8.86. The van der Waals surface area contributed by atoms with E-state index in [1.807, 2.05) is 20.8 Å². The molecule has 0 aromatic carbocycles. The largest absolute Gasteiger partial charge is 0.504 e. The fourth-order valence-corrected chi connectivity index (χ4v) is 1.16. The molecule has 0 aliphatic rings. The van der Waals surface area contributed by atoms with Crippen molar-refractivity contribution < 1.29 is 5.11 Å². The Balaban J connectivity index is 2.96. The fourth-order valence-electron chi connectivity index (χ4n) is 1.16. The van der Waals surface area contributed by atoms with Crippen LogP contribution in [0.3, 0.4) is 0 Å². The lowest BCUT2D eigenvalue weighted by molar-refractivity contribution is 0.455. The minimum Gasteiger partial charge on any atom is -0.504 e. The van der Waals surface area contributed by atoms with E-state index < -0.39 is 0 Å². The van der Waals surface area contributed by atoms with E-state index in [0.29, 0.717) is 12.1 Å². The van der Waals surface area contributed by atoms with Gasteiger partial charge in [-0.05, 0) is 6.92 Å². The van der Waals surface area contributed by atoms with Crippen molar-refractivity contribution >= 4 is 0 Å². The summed E-state index contributed by atoms with van der Waals surface area (Å²) in [5.74, 6) is 1.15.